The molecule has 0 aliphatic heterocycles. The van der Waals surface area contributed by atoms with Crippen LogP contribution in [0.2, 0.25) is 0 Å². The number of hydrogen-bond acceptors (Lipinski definition) is 5. The Balaban J connectivity index is 1.64. The van der Waals surface area contributed by atoms with E-state index in [2.05, 4.69) is 5.32 Å². The number of carboxylic acids is 1. The zero-order chi connectivity index (χ0) is 18.4. The Labute approximate surface area is 155 Å². The number of aryl methyl sites for hydroxylation is 1. The van der Waals surface area contributed by atoms with Crippen molar-refractivity contribution in [2.24, 2.45) is 23.7 Å². The van der Waals surface area contributed by atoms with E-state index < -0.39 is 23.8 Å². The largest absolute Gasteiger partial charge is 0.481 e. The molecule has 0 radical (unpaired) electrons. The Kier molecular flexibility index (Phi) is 4.34. The molecule has 138 valence electrons. The van der Waals surface area contributed by atoms with Crippen LogP contribution in [-0.4, -0.2) is 30.1 Å². The van der Waals surface area contributed by atoms with Crippen LogP contribution >= 0.6 is 11.3 Å². The maximum Gasteiger partial charge on any atom is 0.341 e. The Morgan fingerprint density at radius 3 is 2.54 bits per heavy atom. The Morgan fingerprint density at radius 2 is 1.85 bits per heavy atom. The number of amides is 1. The Bertz CT molecular complexity index is 811. The molecule has 2 N–H and O–H groups in total. The molecule has 4 atom stereocenters. The lowest BCUT2D eigenvalue weighted by atomic mass is 9.82. The third-order valence-corrected chi connectivity index (χ3v) is 7.05. The molecule has 1 fully saturated rings. The standard InChI is InChI=1S/C19H21NO5S/c1-25-19(24)15-11-4-2-3-5-12(11)26-17(15)20-16(21)13-9-6-7-10(8-9)14(13)18(22)23/h6-7,9-10,13-14H,2-5,8H2,1H3,(H,20,21)(H,22,23)/t9-,10+,13-,14+/m1/s1. The fourth-order valence-electron chi connectivity index (χ4n) is 4.68. The van der Waals surface area contributed by atoms with Crippen LogP contribution in [0.5, 0.6) is 0 Å². The Hall–Kier alpha value is -2.15. The molecule has 6 nitrogen and oxygen atoms in total. The smallest absolute Gasteiger partial charge is 0.341 e. The Morgan fingerprint density at radius 1 is 1.15 bits per heavy atom. The van der Waals surface area contributed by atoms with Crippen LogP contribution in [0, 0.1) is 23.7 Å². The zero-order valence-electron chi connectivity index (χ0n) is 14.5. The molecule has 0 unspecified atom stereocenters. The number of aliphatic carboxylic acids is 1. The SMILES string of the molecule is COC(=O)c1c(NC(=O)[C@H]2[C@@H](C(=O)O)[C@H]3C=C[C@@H]2C3)sc2c1CCCC2. The van der Waals surface area contributed by atoms with E-state index in [1.165, 1.54) is 18.4 Å². The van der Waals surface area contributed by atoms with Crippen LogP contribution in [0.4, 0.5) is 5.00 Å². The second-order valence-electron chi connectivity index (χ2n) is 7.23. The lowest BCUT2D eigenvalue weighted by Gasteiger charge is -2.23. The molecule has 1 saturated carbocycles. The number of methoxy groups -OCH3 is 1. The molecule has 0 saturated heterocycles. The second-order valence-corrected chi connectivity index (χ2v) is 8.34. The van der Waals surface area contributed by atoms with Gasteiger partial charge in [-0.2, -0.15) is 0 Å². The van der Waals surface area contributed by atoms with Crippen molar-refractivity contribution in [1.29, 1.82) is 0 Å². The third-order valence-electron chi connectivity index (χ3n) is 5.84. The number of carboxylic acid groups (broad SMARTS) is 1. The predicted molar refractivity (Wildman–Crippen MR) is 96.3 cm³/mol. The zero-order valence-corrected chi connectivity index (χ0v) is 15.3. The molecule has 3 aliphatic rings. The average molecular weight is 375 g/mol. The molecule has 0 spiro atoms. The van der Waals surface area contributed by atoms with Gasteiger partial charge in [-0.15, -0.1) is 11.3 Å². The minimum atomic E-state index is -0.930. The molecule has 1 aromatic rings. The highest BCUT2D eigenvalue weighted by Gasteiger charge is 2.51. The van der Waals surface area contributed by atoms with Gasteiger partial charge in [0.1, 0.15) is 5.00 Å². The summed E-state index contributed by atoms with van der Waals surface area (Å²) in [4.78, 5) is 38.0. The number of rotatable bonds is 4. The summed E-state index contributed by atoms with van der Waals surface area (Å²) in [6.07, 6.45) is 8.36. The molecule has 26 heavy (non-hydrogen) atoms. The van der Waals surface area contributed by atoms with Crippen molar-refractivity contribution < 1.29 is 24.2 Å². The van der Waals surface area contributed by atoms with E-state index >= 15 is 0 Å². The van der Waals surface area contributed by atoms with Gasteiger partial charge >= 0.3 is 11.9 Å². The quantitative estimate of drug-likeness (QED) is 0.624. The van der Waals surface area contributed by atoms with Gasteiger partial charge in [0.25, 0.3) is 0 Å². The van der Waals surface area contributed by atoms with Gasteiger partial charge in [-0.3, -0.25) is 9.59 Å². The number of nitrogens with one attached hydrogen (secondary N) is 1. The van der Waals surface area contributed by atoms with E-state index in [9.17, 15) is 19.5 Å². The summed E-state index contributed by atoms with van der Waals surface area (Å²) in [5.41, 5.74) is 1.43. The first kappa shape index (κ1) is 17.3. The molecule has 0 aromatic carbocycles. The summed E-state index contributed by atoms with van der Waals surface area (Å²) in [6.45, 7) is 0. The van der Waals surface area contributed by atoms with Gasteiger partial charge in [-0.05, 0) is 49.5 Å². The van der Waals surface area contributed by atoms with Crippen LogP contribution in [-0.2, 0) is 27.2 Å². The molecule has 4 rings (SSSR count). The molecular weight excluding hydrogens is 354 g/mol. The van der Waals surface area contributed by atoms with Crippen molar-refractivity contribution in [3.05, 3.63) is 28.2 Å². The van der Waals surface area contributed by atoms with Gasteiger partial charge in [0.2, 0.25) is 5.91 Å². The predicted octanol–water partition coefficient (Wildman–Crippen LogP) is 2.87. The number of allylic oxidation sites excluding steroid dienone is 2. The number of carbonyl (C=O) groups is 3. The van der Waals surface area contributed by atoms with E-state index in [4.69, 9.17) is 4.74 Å². The highest BCUT2D eigenvalue weighted by atomic mass is 32.1. The molecule has 3 aliphatic carbocycles. The lowest BCUT2D eigenvalue weighted by molar-refractivity contribution is -0.146. The lowest BCUT2D eigenvalue weighted by Crippen LogP contribution is -2.36. The van der Waals surface area contributed by atoms with E-state index in [0.717, 1.165) is 36.1 Å². The van der Waals surface area contributed by atoms with Gasteiger partial charge in [0.15, 0.2) is 0 Å². The highest BCUT2D eigenvalue weighted by molar-refractivity contribution is 7.17. The van der Waals surface area contributed by atoms with Gasteiger partial charge < -0.3 is 15.2 Å². The molecule has 7 heteroatoms. The van der Waals surface area contributed by atoms with Gasteiger partial charge in [-0.25, -0.2) is 4.79 Å². The van der Waals surface area contributed by atoms with Gasteiger partial charge in [-0.1, -0.05) is 12.2 Å². The van der Waals surface area contributed by atoms with E-state index in [0.29, 0.717) is 17.0 Å². The number of fused-ring (bicyclic) bond motifs is 3. The summed E-state index contributed by atoms with van der Waals surface area (Å²) >= 11 is 1.42. The monoisotopic (exact) mass is 375 g/mol. The van der Waals surface area contributed by atoms with Gasteiger partial charge in [0, 0.05) is 4.88 Å². The van der Waals surface area contributed by atoms with Crippen LogP contribution < -0.4 is 5.32 Å². The topological polar surface area (TPSA) is 92.7 Å². The molecule has 1 aromatic heterocycles. The summed E-state index contributed by atoms with van der Waals surface area (Å²) in [5.74, 6) is -3.09. The third kappa shape index (κ3) is 2.65. The molecule has 1 heterocycles. The summed E-state index contributed by atoms with van der Waals surface area (Å²) in [6, 6.07) is 0. The summed E-state index contributed by atoms with van der Waals surface area (Å²) < 4.78 is 4.93. The first-order chi connectivity index (χ1) is 12.5. The minimum absolute atomic E-state index is 0.0442. The molecule has 2 bridgehead atoms. The second kappa shape index (κ2) is 6.54. The van der Waals surface area contributed by atoms with Crippen molar-refractivity contribution in [2.45, 2.75) is 32.1 Å². The minimum Gasteiger partial charge on any atom is -0.481 e. The van der Waals surface area contributed by atoms with Crippen LogP contribution in [0.25, 0.3) is 0 Å². The summed E-state index contributed by atoms with van der Waals surface area (Å²) in [5, 5.41) is 12.9. The van der Waals surface area contributed by atoms with Crippen LogP contribution in [0.15, 0.2) is 12.2 Å². The van der Waals surface area contributed by atoms with E-state index in [1.807, 2.05) is 12.2 Å². The van der Waals surface area contributed by atoms with Crippen molar-refractivity contribution >= 4 is 34.2 Å². The fraction of sp³-hybridized carbons (Fsp3) is 0.526. The van der Waals surface area contributed by atoms with Crippen molar-refractivity contribution in [2.75, 3.05) is 12.4 Å². The number of anilines is 1. The van der Waals surface area contributed by atoms with Crippen LogP contribution in [0.3, 0.4) is 0 Å². The van der Waals surface area contributed by atoms with E-state index in [1.54, 1.807) is 0 Å². The summed E-state index contributed by atoms with van der Waals surface area (Å²) in [7, 11) is 1.34. The maximum absolute atomic E-state index is 12.9. The van der Waals surface area contributed by atoms with Crippen molar-refractivity contribution in [3.8, 4) is 0 Å². The first-order valence-electron chi connectivity index (χ1n) is 8.96. The van der Waals surface area contributed by atoms with Gasteiger partial charge in [0.05, 0.1) is 24.5 Å². The van der Waals surface area contributed by atoms with Crippen molar-refractivity contribution in [3.63, 3.8) is 0 Å². The first-order valence-corrected chi connectivity index (χ1v) is 9.77. The number of carbonyl (C=O) groups excluding carboxylic acids is 2. The van der Waals surface area contributed by atoms with Crippen molar-refractivity contribution in [1.82, 2.24) is 0 Å². The fourth-order valence-corrected chi connectivity index (χ4v) is 5.96. The average Bonchev–Trinajstić information content (AvgIpc) is 3.32. The highest BCUT2D eigenvalue weighted by Crippen LogP contribution is 2.49. The number of hydrogen-bond donors (Lipinski definition) is 2. The maximum atomic E-state index is 12.9. The normalized spacial score (nSPS) is 28.7. The van der Waals surface area contributed by atoms with E-state index in [-0.39, 0.29) is 17.7 Å². The number of ether oxygens (including phenoxy) is 1. The van der Waals surface area contributed by atoms with Crippen LogP contribution in [0.1, 0.15) is 40.1 Å². The number of thiophene rings is 1. The molecule has 1 amide bonds. The molecular formula is C19H21NO5S. The number of esters is 1.